The number of fused-ring (bicyclic) bond motifs is 5. The number of carboxylic acid groups (broad SMARTS) is 1. The van der Waals surface area contributed by atoms with Crippen LogP contribution in [-0.4, -0.2) is 53.0 Å². The second-order valence-electron chi connectivity index (χ2n) is 8.32. The minimum atomic E-state index is -1.12. The van der Waals surface area contributed by atoms with Crippen LogP contribution >= 0.6 is 11.6 Å². The van der Waals surface area contributed by atoms with Gasteiger partial charge in [0.15, 0.2) is 5.78 Å². The van der Waals surface area contributed by atoms with Crippen molar-refractivity contribution in [3.63, 3.8) is 0 Å². The molecule has 2 fully saturated rings. The van der Waals surface area contributed by atoms with Gasteiger partial charge in [0.2, 0.25) is 5.91 Å². The van der Waals surface area contributed by atoms with Gasteiger partial charge in [0.1, 0.15) is 5.83 Å². The summed E-state index contributed by atoms with van der Waals surface area (Å²) in [6, 6.07) is -0.269. The lowest BCUT2D eigenvalue weighted by molar-refractivity contribution is -0.142. The summed E-state index contributed by atoms with van der Waals surface area (Å²) in [4.78, 5) is 43.1. The maximum Gasteiger partial charge on any atom is 0.312 e. The van der Waals surface area contributed by atoms with Crippen LogP contribution in [0.25, 0.3) is 0 Å². The number of hydrogen-bond acceptors (Lipinski definition) is 4. The second-order valence-corrected chi connectivity index (χ2v) is 8.72. The number of ketones is 1. The molecule has 3 heterocycles. The Morgan fingerprint density at radius 1 is 1.31 bits per heavy atom. The van der Waals surface area contributed by atoms with Crippen molar-refractivity contribution in [2.45, 2.75) is 31.7 Å². The molecule has 0 bridgehead atoms. The molecule has 29 heavy (non-hydrogen) atoms. The van der Waals surface area contributed by atoms with Crippen LogP contribution in [0.5, 0.6) is 0 Å². The monoisotopic (exact) mass is 416 g/mol. The summed E-state index contributed by atoms with van der Waals surface area (Å²) >= 11 is 6.26. The SMILES string of the molecule is O=C1C=C(F)/C2=C(\Cl)C=NCC3=C(C2=C1)C(C(=O)O)CN1C(=O)CC2(CCC2)C31. The summed E-state index contributed by atoms with van der Waals surface area (Å²) in [6.45, 7) is 0.167. The van der Waals surface area contributed by atoms with E-state index >= 15 is 0 Å². The molecule has 150 valence electrons. The van der Waals surface area contributed by atoms with E-state index in [2.05, 4.69) is 4.99 Å². The molecule has 3 aliphatic heterocycles. The van der Waals surface area contributed by atoms with Crippen LogP contribution in [0.2, 0.25) is 0 Å². The molecular formula is C21H18ClFN2O4. The summed E-state index contributed by atoms with van der Waals surface area (Å²) in [5, 5.41) is 9.98. The van der Waals surface area contributed by atoms with Crippen LogP contribution < -0.4 is 0 Å². The highest BCUT2D eigenvalue weighted by molar-refractivity contribution is 6.40. The standard InChI is InChI=1S/C21H18ClFN2O4/c22-14-8-24-7-12-17(11-4-10(26)5-15(23)18(11)14)13(20(28)29)9-25-16(27)6-21(19(12)25)2-1-3-21/h4-5,8,13,19H,1-3,6-7,9H2,(H,28,29)/b18-14-,24-8?. The molecule has 6 nitrogen and oxygen atoms in total. The van der Waals surface area contributed by atoms with Crippen molar-refractivity contribution in [1.29, 1.82) is 0 Å². The zero-order chi connectivity index (χ0) is 20.5. The second kappa shape index (κ2) is 6.23. The molecule has 5 aliphatic rings. The Morgan fingerprint density at radius 3 is 2.72 bits per heavy atom. The molecule has 1 amide bonds. The molecular weight excluding hydrogens is 399 g/mol. The number of hydrogen-bond donors (Lipinski definition) is 1. The van der Waals surface area contributed by atoms with Crippen LogP contribution in [0, 0.1) is 11.3 Å². The first kappa shape index (κ1) is 18.5. The Balaban J connectivity index is 1.79. The molecule has 0 aromatic rings. The minimum Gasteiger partial charge on any atom is -0.481 e. The first-order chi connectivity index (χ1) is 13.8. The van der Waals surface area contributed by atoms with Gasteiger partial charge < -0.3 is 10.0 Å². The van der Waals surface area contributed by atoms with Crippen molar-refractivity contribution in [3.05, 3.63) is 45.3 Å². The molecule has 0 aromatic heterocycles. The van der Waals surface area contributed by atoms with E-state index in [1.807, 2.05) is 0 Å². The van der Waals surface area contributed by atoms with Gasteiger partial charge in [-0.2, -0.15) is 0 Å². The molecule has 2 unspecified atom stereocenters. The normalized spacial score (nSPS) is 32.7. The fourth-order valence-corrected chi connectivity index (χ4v) is 5.80. The first-order valence-electron chi connectivity index (χ1n) is 9.61. The van der Waals surface area contributed by atoms with E-state index in [4.69, 9.17) is 11.6 Å². The Morgan fingerprint density at radius 2 is 2.07 bits per heavy atom. The predicted octanol–water partition coefficient (Wildman–Crippen LogP) is 2.71. The minimum absolute atomic E-state index is 0.00485. The summed E-state index contributed by atoms with van der Waals surface area (Å²) in [6.07, 6.45) is 6.61. The van der Waals surface area contributed by atoms with Crippen molar-refractivity contribution in [3.8, 4) is 0 Å². The summed E-state index contributed by atoms with van der Waals surface area (Å²) in [5.41, 5.74) is 1.06. The fraction of sp³-hybridized carbons (Fsp3) is 0.429. The largest absolute Gasteiger partial charge is 0.481 e. The Kier molecular flexibility index (Phi) is 3.97. The molecule has 1 N–H and O–H groups in total. The zero-order valence-corrected chi connectivity index (χ0v) is 16.2. The summed E-state index contributed by atoms with van der Waals surface area (Å²) in [5.74, 6) is -3.60. The van der Waals surface area contributed by atoms with Crippen LogP contribution in [0.3, 0.4) is 0 Å². The molecule has 1 spiro atoms. The molecule has 0 aromatic carbocycles. The third kappa shape index (κ3) is 2.53. The van der Waals surface area contributed by atoms with Gasteiger partial charge in [-0.3, -0.25) is 19.4 Å². The number of carbonyl (C=O) groups is 3. The van der Waals surface area contributed by atoms with Gasteiger partial charge >= 0.3 is 5.97 Å². The maximum atomic E-state index is 14.7. The fourth-order valence-electron chi connectivity index (χ4n) is 5.54. The van der Waals surface area contributed by atoms with E-state index in [-0.39, 0.29) is 46.6 Å². The number of rotatable bonds is 1. The topological polar surface area (TPSA) is 87.0 Å². The van der Waals surface area contributed by atoms with Gasteiger partial charge in [-0.1, -0.05) is 18.0 Å². The van der Waals surface area contributed by atoms with Crippen molar-refractivity contribution in [2.75, 3.05) is 13.1 Å². The quantitative estimate of drug-likeness (QED) is 0.712. The van der Waals surface area contributed by atoms with Gasteiger partial charge in [0.05, 0.1) is 23.5 Å². The zero-order valence-electron chi connectivity index (χ0n) is 15.5. The molecule has 2 atom stereocenters. The number of amides is 1. The van der Waals surface area contributed by atoms with Crippen molar-refractivity contribution < 1.29 is 23.9 Å². The Bertz CT molecular complexity index is 1030. The molecule has 2 aliphatic carbocycles. The van der Waals surface area contributed by atoms with Gasteiger partial charge in [-0.15, -0.1) is 0 Å². The highest BCUT2D eigenvalue weighted by Gasteiger charge is 2.59. The highest BCUT2D eigenvalue weighted by Crippen LogP contribution is 2.58. The number of carbonyl (C=O) groups excluding carboxylic acids is 2. The summed E-state index contributed by atoms with van der Waals surface area (Å²) < 4.78 is 14.7. The number of aliphatic carboxylic acids is 1. The van der Waals surface area contributed by atoms with E-state index in [1.54, 1.807) is 4.90 Å². The van der Waals surface area contributed by atoms with E-state index in [9.17, 15) is 23.9 Å². The van der Waals surface area contributed by atoms with Crippen molar-refractivity contribution in [2.24, 2.45) is 16.3 Å². The molecule has 1 saturated carbocycles. The van der Waals surface area contributed by atoms with Crippen LogP contribution in [0.1, 0.15) is 25.7 Å². The van der Waals surface area contributed by atoms with E-state index in [1.165, 1.54) is 12.3 Å². The average Bonchev–Trinajstić information content (AvgIpc) is 2.92. The van der Waals surface area contributed by atoms with Crippen molar-refractivity contribution >= 4 is 35.5 Å². The van der Waals surface area contributed by atoms with Gasteiger partial charge in [0.25, 0.3) is 0 Å². The smallest absolute Gasteiger partial charge is 0.312 e. The van der Waals surface area contributed by atoms with Crippen molar-refractivity contribution in [1.82, 2.24) is 4.90 Å². The maximum absolute atomic E-state index is 14.7. The lowest BCUT2D eigenvalue weighted by Crippen LogP contribution is -2.52. The van der Waals surface area contributed by atoms with Crippen LogP contribution in [-0.2, 0) is 14.4 Å². The first-order valence-corrected chi connectivity index (χ1v) is 9.99. The molecule has 8 heteroatoms. The molecule has 5 rings (SSSR count). The number of carboxylic acids is 1. The van der Waals surface area contributed by atoms with Gasteiger partial charge in [-0.05, 0) is 35.6 Å². The lowest BCUT2D eigenvalue weighted by atomic mass is 9.60. The molecule has 1 saturated heterocycles. The predicted molar refractivity (Wildman–Crippen MR) is 103 cm³/mol. The number of nitrogens with zero attached hydrogens (tertiary/aromatic N) is 2. The van der Waals surface area contributed by atoms with Crippen LogP contribution in [0.4, 0.5) is 4.39 Å². The number of aliphatic imine (C=N–C) groups is 1. The summed E-state index contributed by atoms with van der Waals surface area (Å²) in [7, 11) is 0. The Labute approximate surface area is 171 Å². The van der Waals surface area contributed by atoms with E-state index < -0.39 is 23.5 Å². The van der Waals surface area contributed by atoms with E-state index in [0.29, 0.717) is 17.6 Å². The average molecular weight is 417 g/mol. The molecule has 0 radical (unpaired) electrons. The third-order valence-corrected chi connectivity index (χ3v) is 7.11. The lowest BCUT2D eigenvalue weighted by Gasteiger charge is -2.49. The third-order valence-electron chi connectivity index (χ3n) is 6.83. The van der Waals surface area contributed by atoms with Gasteiger partial charge in [0, 0.05) is 36.2 Å². The highest BCUT2D eigenvalue weighted by atomic mass is 35.5. The van der Waals surface area contributed by atoms with Crippen LogP contribution in [0.15, 0.2) is 50.3 Å². The Hall–Kier alpha value is -2.54. The number of halogens is 2. The van der Waals surface area contributed by atoms with Gasteiger partial charge in [-0.25, -0.2) is 4.39 Å². The number of allylic oxidation sites excluding steroid dienone is 6. The van der Waals surface area contributed by atoms with E-state index in [0.717, 1.165) is 25.3 Å².